The Balaban J connectivity index is 0.000000375. The molecule has 0 aromatic rings. The number of allylic oxidation sites excluding steroid dienone is 8. The van der Waals surface area contributed by atoms with Gasteiger partial charge in [0.05, 0.1) is 12.2 Å². The van der Waals surface area contributed by atoms with Gasteiger partial charge >= 0.3 is 0 Å². The van der Waals surface area contributed by atoms with Gasteiger partial charge in [0.15, 0.2) is 0 Å². The van der Waals surface area contributed by atoms with E-state index in [9.17, 15) is 10.2 Å². The summed E-state index contributed by atoms with van der Waals surface area (Å²) in [7, 11) is 0. The SMILES string of the molecule is CC(C)=CCC/C(C)=C/CC1CCCC1O.CC/C(C)=C/CC/C(C)=C/CC1CCCC1O.CCC(C)CCCC(C)CCC1CCCC1C. The lowest BCUT2D eigenvalue weighted by Crippen LogP contribution is -2.11. The molecule has 0 amide bonds. The average Bonchev–Trinajstić information content (AvgIpc) is 3.82. The molecule has 2 heteroatoms. The average molecular weight is 697 g/mol. The Hall–Kier alpha value is -1.12. The molecule has 0 radical (unpaired) electrons. The maximum absolute atomic E-state index is 9.74. The van der Waals surface area contributed by atoms with E-state index in [1.807, 2.05) is 0 Å². The van der Waals surface area contributed by atoms with Gasteiger partial charge in [-0.05, 0) is 147 Å². The molecule has 0 aromatic carbocycles. The van der Waals surface area contributed by atoms with Crippen molar-refractivity contribution >= 4 is 0 Å². The highest BCUT2D eigenvalue weighted by molar-refractivity contribution is 5.05. The molecule has 0 bridgehead atoms. The summed E-state index contributed by atoms with van der Waals surface area (Å²) in [4.78, 5) is 0. The number of rotatable bonds is 19. The quantitative estimate of drug-likeness (QED) is 0.132. The van der Waals surface area contributed by atoms with E-state index >= 15 is 0 Å². The fraction of sp³-hybridized carbons (Fsp3) is 0.833. The van der Waals surface area contributed by atoms with Crippen LogP contribution in [0.1, 0.15) is 210 Å². The van der Waals surface area contributed by atoms with Gasteiger partial charge in [-0.1, -0.05) is 145 Å². The zero-order chi connectivity index (χ0) is 37.3. The summed E-state index contributed by atoms with van der Waals surface area (Å²) >= 11 is 0. The molecular formula is C48H88O2. The van der Waals surface area contributed by atoms with Gasteiger partial charge < -0.3 is 10.2 Å². The molecule has 3 saturated carbocycles. The first kappa shape index (κ1) is 46.9. The molecule has 292 valence electrons. The van der Waals surface area contributed by atoms with Crippen LogP contribution in [0.3, 0.4) is 0 Å². The van der Waals surface area contributed by atoms with Crippen LogP contribution in [0, 0.1) is 35.5 Å². The summed E-state index contributed by atoms with van der Waals surface area (Å²) in [5.74, 6) is 5.04. The first-order valence-corrected chi connectivity index (χ1v) is 21.8. The molecular weight excluding hydrogens is 609 g/mol. The van der Waals surface area contributed by atoms with Crippen molar-refractivity contribution in [2.75, 3.05) is 0 Å². The van der Waals surface area contributed by atoms with Crippen LogP contribution >= 0.6 is 0 Å². The molecule has 0 saturated heterocycles. The summed E-state index contributed by atoms with van der Waals surface area (Å²) in [6, 6.07) is 0. The van der Waals surface area contributed by atoms with Crippen LogP contribution in [0.5, 0.6) is 0 Å². The van der Waals surface area contributed by atoms with Gasteiger partial charge in [-0.25, -0.2) is 0 Å². The molecule has 0 heterocycles. The molecule has 3 rings (SSSR count). The van der Waals surface area contributed by atoms with Crippen LogP contribution < -0.4 is 0 Å². The summed E-state index contributed by atoms with van der Waals surface area (Å²) in [5, 5.41) is 19.5. The first-order chi connectivity index (χ1) is 23.9. The normalized spacial score (nSPS) is 26.9. The van der Waals surface area contributed by atoms with Crippen molar-refractivity contribution in [1.82, 2.24) is 0 Å². The minimum Gasteiger partial charge on any atom is -0.393 e. The van der Waals surface area contributed by atoms with Crippen LogP contribution in [-0.2, 0) is 0 Å². The lowest BCUT2D eigenvalue weighted by atomic mass is 9.88. The molecule has 3 fully saturated rings. The molecule has 8 atom stereocenters. The second-order valence-corrected chi connectivity index (χ2v) is 17.6. The molecule has 0 aliphatic heterocycles. The zero-order valence-corrected chi connectivity index (χ0v) is 35.4. The highest BCUT2D eigenvalue weighted by Crippen LogP contribution is 2.36. The molecule has 0 spiro atoms. The van der Waals surface area contributed by atoms with Gasteiger partial charge in [-0.15, -0.1) is 0 Å². The van der Waals surface area contributed by atoms with Crippen molar-refractivity contribution in [1.29, 1.82) is 0 Å². The Bertz CT molecular complexity index is 965. The fourth-order valence-corrected chi connectivity index (χ4v) is 8.09. The lowest BCUT2D eigenvalue weighted by molar-refractivity contribution is 0.133. The number of hydrogen-bond acceptors (Lipinski definition) is 2. The molecule has 3 aliphatic carbocycles. The van der Waals surface area contributed by atoms with Crippen molar-refractivity contribution in [3.63, 3.8) is 0 Å². The first-order valence-electron chi connectivity index (χ1n) is 21.8. The fourth-order valence-electron chi connectivity index (χ4n) is 8.09. The van der Waals surface area contributed by atoms with Gasteiger partial charge in [-0.3, -0.25) is 0 Å². The van der Waals surface area contributed by atoms with E-state index < -0.39 is 0 Å². The van der Waals surface area contributed by atoms with Crippen LogP contribution in [-0.4, -0.2) is 22.4 Å². The van der Waals surface area contributed by atoms with Crippen molar-refractivity contribution in [3.05, 3.63) is 46.6 Å². The predicted octanol–water partition coefficient (Wildman–Crippen LogP) is 14.9. The smallest absolute Gasteiger partial charge is 0.0571 e. The van der Waals surface area contributed by atoms with Crippen molar-refractivity contribution < 1.29 is 10.2 Å². The van der Waals surface area contributed by atoms with Crippen molar-refractivity contribution in [3.8, 4) is 0 Å². The molecule has 2 N–H and O–H groups in total. The monoisotopic (exact) mass is 697 g/mol. The van der Waals surface area contributed by atoms with E-state index in [0.717, 1.165) is 75.0 Å². The number of aliphatic hydroxyl groups is 2. The molecule has 3 aliphatic rings. The number of hydrogen-bond donors (Lipinski definition) is 2. The maximum atomic E-state index is 9.74. The Kier molecular flexibility index (Phi) is 26.6. The molecule has 2 nitrogen and oxygen atoms in total. The van der Waals surface area contributed by atoms with Gasteiger partial charge in [0.25, 0.3) is 0 Å². The topological polar surface area (TPSA) is 40.5 Å². The highest BCUT2D eigenvalue weighted by atomic mass is 16.3. The van der Waals surface area contributed by atoms with E-state index in [-0.39, 0.29) is 12.2 Å². The largest absolute Gasteiger partial charge is 0.393 e. The van der Waals surface area contributed by atoms with Gasteiger partial charge in [0.1, 0.15) is 0 Å². The van der Waals surface area contributed by atoms with Gasteiger partial charge in [-0.2, -0.15) is 0 Å². The minimum atomic E-state index is -0.0405. The second-order valence-electron chi connectivity index (χ2n) is 17.6. The predicted molar refractivity (Wildman–Crippen MR) is 224 cm³/mol. The third kappa shape index (κ3) is 22.7. The van der Waals surface area contributed by atoms with Crippen LogP contribution in [0.25, 0.3) is 0 Å². The van der Waals surface area contributed by atoms with E-state index in [4.69, 9.17) is 0 Å². The Morgan fingerprint density at radius 3 is 1.54 bits per heavy atom. The minimum absolute atomic E-state index is 0.0400. The van der Waals surface area contributed by atoms with E-state index in [0.29, 0.717) is 11.8 Å². The molecule has 8 unspecified atom stereocenters. The molecule has 50 heavy (non-hydrogen) atoms. The summed E-state index contributed by atoms with van der Waals surface area (Å²) < 4.78 is 0. The van der Waals surface area contributed by atoms with Crippen LogP contribution in [0.2, 0.25) is 0 Å². The van der Waals surface area contributed by atoms with Crippen LogP contribution in [0.4, 0.5) is 0 Å². The summed E-state index contributed by atoms with van der Waals surface area (Å²) in [5.41, 5.74) is 5.84. The van der Waals surface area contributed by atoms with Crippen molar-refractivity contribution in [2.45, 2.75) is 223 Å². The standard InChI is InChI=1S/C17H34.C16H28O.C15H26O/c1-5-14(2)8-6-9-15(3)12-13-17-11-7-10-16(17)4;1-4-13(2)7-5-8-14(3)11-12-15-9-6-10-16(15)17;1-12(2)6-4-7-13(3)10-11-14-8-5-9-15(14)16/h14-17H,5-13H2,1-4H3;7,11,15-17H,4-6,8-10,12H2,1-3H3;6,10,14-16H,4-5,7-9,11H2,1-3H3/b;13-7+,14-11+;13-10+. The van der Waals surface area contributed by atoms with E-state index in [1.54, 1.807) is 0 Å². The van der Waals surface area contributed by atoms with E-state index in [1.165, 1.54) is 112 Å². The van der Waals surface area contributed by atoms with Gasteiger partial charge in [0.2, 0.25) is 0 Å². The maximum Gasteiger partial charge on any atom is 0.0571 e. The Morgan fingerprint density at radius 2 is 1.10 bits per heavy atom. The Labute approximate surface area is 314 Å². The third-order valence-corrected chi connectivity index (χ3v) is 12.6. The molecule has 0 aromatic heterocycles. The number of aliphatic hydroxyl groups excluding tert-OH is 2. The highest BCUT2D eigenvalue weighted by Gasteiger charge is 2.25. The lowest BCUT2D eigenvalue weighted by Gasteiger charge is -2.18. The van der Waals surface area contributed by atoms with Crippen molar-refractivity contribution in [2.24, 2.45) is 35.5 Å². The summed E-state index contributed by atoms with van der Waals surface area (Å²) in [6.45, 7) is 22.8. The van der Waals surface area contributed by atoms with Gasteiger partial charge in [0, 0.05) is 0 Å². The second kappa shape index (κ2) is 28.4. The zero-order valence-electron chi connectivity index (χ0n) is 35.4. The summed E-state index contributed by atoms with van der Waals surface area (Å²) in [6.07, 6.45) is 37.2. The Morgan fingerprint density at radius 1 is 0.600 bits per heavy atom. The van der Waals surface area contributed by atoms with Crippen LogP contribution in [0.15, 0.2) is 46.6 Å². The van der Waals surface area contributed by atoms with E-state index in [2.05, 4.69) is 93.5 Å². The third-order valence-electron chi connectivity index (χ3n) is 12.6.